The normalized spacial score (nSPS) is 17.2. The van der Waals surface area contributed by atoms with Crippen molar-refractivity contribution in [2.24, 2.45) is 0 Å². The van der Waals surface area contributed by atoms with Crippen LogP contribution in [0.25, 0.3) is 0 Å². The predicted molar refractivity (Wildman–Crippen MR) is 85.6 cm³/mol. The van der Waals surface area contributed by atoms with Crippen LogP contribution in [0.2, 0.25) is 0 Å². The monoisotopic (exact) mass is 298 g/mol. The highest BCUT2D eigenvalue weighted by molar-refractivity contribution is 5.76. The van der Waals surface area contributed by atoms with E-state index in [0.717, 1.165) is 36.5 Å². The zero-order valence-electron chi connectivity index (χ0n) is 13.1. The zero-order valence-corrected chi connectivity index (χ0v) is 13.1. The van der Waals surface area contributed by atoms with E-state index < -0.39 is 0 Å². The average Bonchev–Trinajstić information content (AvgIpc) is 3.04. The summed E-state index contributed by atoms with van der Waals surface area (Å²) < 4.78 is 0. The van der Waals surface area contributed by atoms with E-state index in [9.17, 15) is 4.79 Å². The topological polar surface area (TPSA) is 52.2 Å². The van der Waals surface area contributed by atoms with Gasteiger partial charge in [0, 0.05) is 31.7 Å². The molecule has 1 aromatic heterocycles. The molecule has 0 radical (unpaired) electrons. The van der Waals surface area contributed by atoms with Gasteiger partial charge in [0.25, 0.3) is 0 Å². The second kappa shape index (κ2) is 6.22. The number of benzene rings is 1. The van der Waals surface area contributed by atoms with Crippen molar-refractivity contribution in [1.82, 2.24) is 19.8 Å². The van der Waals surface area contributed by atoms with E-state index >= 15 is 0 Å². The fourth-order valence-electron chi connectivity index (χ4n) is 3.13. The summed E-state index contributed by atoms with van der Waals surface area (Å²) in [5.74, 6) is 0. The van der Waals surface area contributed by atoms with Gasteiger partial charge in [-0.3, -0.25) is 0 Å². The molecule has 0 aliphatic carbocycles. The predicted octanol–water partition coefficient (Wildman–Crippen LogP) is 2.82. The number of aromatic amines is 1. The SMILES string of the molecule is CCN(CC)C(=O)N1CCc2[nH]cnc2C1c1ccccc1. The van der Waals surface area contributed by atoms with Crippen LogP contribution in [0.15, 0.2) is 36.7 Å². The van der Waals surface area contributed by atoms with Crippen LogP contribution < -0.4 is 0 Å². The van der Waals surface area contributed by atoms with E-state index in [0.29, 0.717) is 6.54 Å². The summed E-state index contributed by atoms with van der Waals surface area (Å²) in [4.78, 5) is 24.4. The van der Waals surface area contributed by atoms with E-state index in [4.69, 9.17) is 0 Å². The smallest absolute Gasteiger partial charge is 0.320 e. The van der Waals surface area contributed by atoms with Gasteiger partial charge in [0.1, 0.15) is 6.04 Å². The highest BCUT2D eigenvalue weighted by Gasteiger charge is 2.35. The van der Waals surface area contributed by atoms with Crippen LogP contribution in [-0.2, 0) is 6.42 Å². The number of nitrogens with zero attached hydrogens (tertiary/aromatic N) is 3. The lowest BCUT2D eigenvalue weighted by Gasteiger charge is -2.38. The fourth-order valence-corrected chi connectivity index (χ4v) is 3.13. The molecule has 1 atom stereocenters. The molecule has 5 nitrogen and oxygen atoms in total. The number of H-pyrrole nitrogens is 1. The van der Waals surface area contributed by atoms with Gasteiger partial charge in [-0.25, -0.2) is 9.78 Å². The lowest BCUT2D eigenvalue weighted by atomic mass is 9.96. The molecular weight excluding hydrogens is 276 g/mol. The van der Waals surface area contributed by atoms with Gasteiger partial charge in [-0.2, -0.15) is 0 Å². The number of hydrogen-bond acceptors (Lipinski definition) is 2. The van der Waals surface area contributed by atoms with Crippen LogP contribution in [0, 0.1) is 0 Å². The van der Waals surface area contributed by atoms with Crippen molar-refractivity contribution in [2.75, 3.05) is 19.6 Å². The van der Waals surface area contributed by atoms with Crippen LogP contribution >= 0.6 is 0 Å². The molecule has 1 N–H and O–H groups in total. The molecule has 2 heterocycles. The Labute approximate surface area is 131 Å². The quantitative estimate of drug-likeness (QED) is 0.947. The van der Waals surface area contributed by atoms with Crippen molar-refractivity contribution in [3.8, 4) is 0 Å². The molecular formula is C17H22N4O. The van der Waals surface area contributed by atoms with E-state index in [-0.39, 0.29) is 12.1 Å². The summed E-state index contributed by atoms with van der Waals surface area (Å²) in [6.45, 7) is 6.19. The number of carbonyl (C=O) groups excluding carboxylic acids is 1. The van der Waals surface area contributed by atoms with Gasteiger partial charge in [-0.1, -0.05) is 30.3 Å². The van der Waals surface area contributed by atoms with E-state index in [1.165, 1.54) is 0 Å². The number of urea groups is 1. The first kappa shape index (κ1) is 14.6. The lowest BCUT2D eigenvalue weighted by molar-refractivity contribution is 0.140. The summed E-state index contributed by atoms with van der Waals surface area (Å²) >= 11 is 0. The summed E-state index contributed by atoms with van der Waals surface area (Å²) in [6, 6.07) is 10.1. The number of hydrogen-bond donors (Lipinski definition) is 1. The van der Waals surface area contributed by atoms with E-state index in [1.54, 1.807) is 6.33 Å². The molecule has 0 bridgehead atoms. The summed E-state index contributed by atoms with van der Waals surface area (Å²) in [5.41, 5.74) is 3.21. The molecule has 5 heteroatoms. The maximum absolute atomic E-state index is 12.9. The zero-order chi connectivity index (χ0) is 15.5. The Hall–Kier alpha value is -2.30. The molecule has 3 rings (SSSR count). The largest absolute Gasteiger partial charge is 0.348 e. The molecule has 116 valence electrons. The Bertz CT molecular complexity index is 633. The maximum Gasteiger partial charge on any atom is 0.320 e. The van der Waals surface area contributed by atoms with Crippen molar-refractivity contribution < 1.29 is 4.79 Å². The first-order chi connectivity index (χ1) is 10.8. The third kappa shape index (κ3) is 2.47. The van der Waals surface area contributed by atoms with Crippen molar-refractivity contribution >= 4 is 6.03 Å². The second-order valence-corrected chi connectivity index (χ2v) is 5.48. The van der Waals surface area contributed by atoms with Gasteiger partial charge < -0.3 is 14.8 Å². The van der Waals surface area contributed by atoms with Crippen LogP contribution in [0.3, 0.4) is 0 Å². The Morgan fingerprint density at radius 3 is 2.73 bits per heavy atom. The number of amides is 2. The average molecular weight is 298 g/mol. The number of imidazole rings is 1. The standard InChI is InChI=1S/C17H22N4O/c1-3-20(4-2)17(22)21-11-10-14-15(19-12-18-14)16(21)13-8-6-5-7-9-13/h5-9,12,16H,3-4,10-11H2,1-2H3,(H,18,19). The molecule has 0 spiro atoms. The lowest BCUT2D eigenvalue weighted by Crippen LogP contribution is -2.48. The van der Waals surface area contributed by atoms with Crippen molar-refractivity contribution in [3.05, 3.63) is 53.6 Å². The van der Waals surface area contributed by atoms with Gasteiger partial charge >= 0.3 is 6.03 Å². The number of aromatic nitrogens is 2. The minimum Gasteiger partial charge on any atom is -0.348 e. The molecule has 2 amide bonds. The minimum atomic E-state index is -0.107. The van der Waals surface area contributed by atoms with E-state index in [2.05, 4.69) is 22.1 Å². The fraction of sp³-hybridized carbons (Fsp3) is 0.412. The van der Waals surface area contributed by atoms with Gasteiger partial charge in [0.2, 0.25) is 0 Å². The van der Waals surface area contributed by atoms with Crippen LogP contribution in [0.1, 0.15) is 36.8 Å². The molecule has 1 aliphatic heterocycles. The molecule has 0 saturated carbocycles. The molecule has 22 heavy (non-hydrogen) atoms. The van der Waals surface area contributed by atoms with Gasteiger partial charge in [0.05, 0.1) is 12.0 Å². The maximum atomic E-state index is 12.9. The molecule has 1 unspecified atom stereocenters. The first-order valence-electron chi connectivity index (χ1n) is 7.88. The summed E-state index contributed by atoms with van der Waals surface area (Å²) in [6.07, 6.45) is 2.55. The second-order valence-electron chi connectivity index (χ2n) is 5.48. The van der Waals surface area contributed by atoms with Gasteiger partial charge in [0.15, 0.2) is 0 Å². The number of rotatable bonds is 3. The Kier molecular flexibility index (Phi) is 4.13. The minimum absolute atomic E-state index is 0.0903. The third-order valence-corrected chi connectivity index (χ3v) is 4.32. The molecule has 1 aromatic carbocycles. The molecule has 2 aromatic rings. The van der Waals surface area contributed by atoms with Crippen molar-refractivity contribution in [2.45, 2.75) is 26.3 Å². The molecule has 0 fully saturated rings. The Balaban J connectivity index is 2.01. The van der Waals surface area contributed by atoms with Crippen molar-refractivity contribution in [3.63, 3.8) is 0 Å². The van der Waals surface area contributed by atoms with Crippen LogP contribution in [-0.4, -0.2) is 45.4 Å². The Morgan fingerprint density at radius 1 is 1.32 bits per heavy atom. The summed E-state index contributed by atoms with van der Waals surface area (Å²) in [7, 11) is 0. The third-order valence-electron chi connectivity index (χ3n) is 4.32. The highest BCUT2D eigenvalue weighted by Crippen LogP contribution is 2.33. The molecule has 0 saturated heterocycles. The van der Waals surface area contributed by atoms with Crippen LogP contribution in [0.4, 0.5) is 4.79 Å². The van der Waals surface area contributed by atoms with Gasteiger partial charge in [-0.05, 0) is 19.4 Å². The van der Waals surface area contributed by atoms with Crippen molar-refractivity contribution in [1.29, 1.82) is 0 Å². The van der Waals surface area contributed by atoms with Gasteiger partial charge in [-0.15, -0.1) is 0 Å². The molecule has 1 aliphatic rings. The summed E-state index contributed by atoms with van der Waals surface area (Å²) in [5, 5.41) is 0. The Morgan fingerprint density at radius 2 is 2.05 bits per heavy atom. The van der Waals surface area contributed by atoms with Crippen LogP contribution in [0.5, 0.6) is 0 Å². The first-order valence-corrected chi connectivity index (χ1v) is 7.88. The number of carbonyl (C=O) groups is 1. The number of nitrogens with one attached hydrogen (secondary N) is 1. The number of fused-ring (bicyclic) bond motifs is 1. The van der Waals surface area contributed by atoms with E-state index in [1.807, 2.05) is 41.8 Å². The highest BCUT2D eigenvalue weighted by atomic mass is 16.2.